The van der Waals surface area contributed by atoms with E-state index in [0.717, 1.165) is 29.2 Å². The van der Waals surface area contributed by atoms with E-state index in [9.17, 15) is 9.59 Å². The van der Waals surface area contributed by atoms with E-state index >= 15 is 0 Å². The molecule has 1 amide bonds. The third kappa shape index (κ3) is 1.88. The molecule has 1 aliphatic heterocycles. The van der Waals surface area contributed by atoms with Crippen molar-refractivity contribution in [2.75, 3.05) is 11.4 Å². The summed E-state index contributed by atoms with van der Waals surface area (Å²) in [7, 11) is 0. The molecule has 0 fully saturated rings. The fourth-order valence-corrected chi connectivity index (χ4v) is 2.75. The second-order valence-electron chi connectivity index (χ2n) is 4.09. The quantitative estimate of drug-likeness (QED) is 0.896. The van der Waals surface area contributed by atoms with Crippen molar-refractivity contribution in [3.63, 3.8) is 0 Å². The molecule has 1 aromatic heterocycles. The lowest BCUT2D eigenvalue weighted by atomic mass is 10.2. The Hall–Kier alpha value is -2.28. The van der Waals surface area contributed by atoms with Crippen LogP contribution in [0.3, 0.4) is 0 Å². The molecule has 0 aliphatic carbocycles. The molecule has 0 atom stereocenters. The van der Waals surface area contributed by atoms with Crippen molar-refractivity contribution in [2.24, 2.45) is 0 Å². The molecule has 0 unspecified atom stereocenters. The van der Waals surface area contributed by atoms with Gasteiger partial charge in [-0.1, -0.05) is 22.7 Å². The fraction of sp³-hybridized carbons (Fsp3) is 0.167. The Morgan fingerprint density at radius 2 is 2.11 bits per heavy atom. The van der Waals surface area contributed by atoms with Gasteiger partial charge in [0.1, 0.15) is 4.88 Å². The number of nitrogens with zero attached hydrogens (tertiary/aromatic N) is 3. The molecular weight excluding hydrogens is 266 g/mol. The molecule has 2 heterocycles. The van der Waals surface area contributed by atoms with Gasteiger partial charge in [0.25, 0.3) is 5.91 Å². The van der Waals surface area contributed by atoms with Crippen molar-refractivity contribution < 1.29 is 14.7 Å². The third-order valence-corrected chi connectivity index (χ3v) is 3.73. The number of carboxylic acids is 1. The summed E-state index contributed by atoms with van der Waals surface area (Å²) in [4.78, 5) is 25.0. The molecule has 0 spiro atoms. The Morgan fingerprint density at radius 1 is 1.32 bits per heavy atom. The van der Waals surface area contributed by atoms with E-state index in [1.165, 1.54) is 0 Å². The highest BCUT2D eigenvalue weighted by molar-refractivity contribution is 7.08. The maximum absolute atomic E-state index is 12.4. The predicted molar refractivity (Wildman–Crippen MR) is 68.7 cm³/mol. The molecule has 0 saturated carbocycles. The van der Waals surface area contributed by atoms with Crippen molar-refractivity contribution >= 4 is 29.1 Å². The van der Waals surface area contributed by atoms with Crippen LogP contribution in [0.4, 0.5) is 5.69 Å². The van der Waals surface area contributed by atoms with Gasteiger partial charge in [0, 0.05) is 12.2 Å². The number of carbonyl (C=O) groups is 2. The maximum atomic E-state index is 12.4. The molecule has 0 saturated heterocycles. The lowest BCUT2D eigenvalue weighted by molar-refractivity contribution is 0.0686. The molecule has 96 valence electrons. The average molecular weight is 275 g/mol. The first-order valence-electron chi connectivity index (χ1n) is 5.64. The smallest absolute Gasteiger partial charge is 0.358 e. The first-order chi connectivity index (χ1) is 9.18. The topological polar surface area (TPSA) is 83.4 Å². The van der Waals surface area contributed by atoms with Crippen LogP contribution < -0.4 is 4.90 Å². The lowest BCUT2D eigenvalue weighted by Gasteiger charge is -2.15. The summed E-state index contributed by atoms with van der Waals surface area (Å²) < 4.78 is 3.56. The van der Waals surface area contributed by atoms with Crippen LogP contribution in [0, 0.1) is 0 Å². The van der Waals surface area contributed by atoms with Gasteiger partial charge in [0.05, 0.1) is 0 Å². The molecule has 19 heavy (non-hydrogen) atoms. The summed E-state index contributed by atoms with van der Waals surface area (Å²) in [6.07, 6.45) is 0.774. The predicted octanol–water partition coefficient (Wildman–Crippen LogP) is 1.44. The molecule has 3 rings (SSSR count). The highest BCUT2D eigenvalue weighted by atomic mass is 32.1. The number of hydrogen-bond donors (Lipinski definition) is 1. The van der Waals surface area contributed by atoms with Crippen molar-refractivity contribution in [3.8, 4) is 0 Å². The van der Waals surface area contributed by atoms with E-state index in [4.69, 9.17) is 5.11 Å². The van der Waals surface area contributed by atoms with Gasteiger partial charge < -0.3 is 10.0 Å². The van der Waals surface area contributed by atoms with Gasteiger partial charge in [-0.25, -0.2) is 4.79 Å². The van der Waals surface area contributed by atoms with E-state index in [-0.39, 0.29) is 16.5 Å². The lowest BCUT2D eigenvalue weighted by Crippen LogP contribution is -2.29. The number of aromatic carboxylic acids is 1. The van der Waals surface area contributed by atoms with Gasteiger partial charge in [-0.15, -0.1) is 5.10 Å². The third-order valence-electron chi connectivity index (χ3n) is 3.02. The molecular formula is C12H9N3O3S. The summed E-state index contributed by atoms with van der Waals surface area (Å²) in [5, 5.41) is 12.5. The Morgan fingerprint density at radius 3 is 2.89 bits per heavy atom. The molecule has 0 radical (unpaired) electrons. The Labute approximate surface area is 112 Å². The average Bonchev–Trinajstić information content (AvgIpc) is 3.05. The largest absolute Gasteiger partial charge is 0.476 e. The van der Waals surface area contributed by atoms with Gasteiger partial charge in [-0.05, 0) is 29.6 Å². The highest BCUT2D eigenvalue weighted by Crippen LogP contribution is 2.29. The van der Waals surface area contributed by atoms with Gasteiger partial charge in [-0.2, -0.15) is 0 Å². The standard InChI is InChI=1S/C12H9N3O3S/c16-11(10-9(12(17)18)13-14-19-10)15-6-5-7-3-1-2-4-8(7)15/h1-4H,5-6H2,(H,17,18). The zero-order chi connectivity index (χ0) is 13.4. The monoisotopic (exact) mass is 275 g/mol. The number of rotatable bonds is 2. The molecule has 7 heteroatoms. The van der Waals surface area contributed by atoms with Crippen LogP contribution in [0.1, 0.15) is 25.7 Å². The summed E-state index contributed by atoms with van der Waals surface area (Å²) in [6.45, 7) is 0.551. The van der Waals surface area contributed by atoms with E-state index in [2.05, 4.69) is 9.59 Å². The zero-order valence-electron chi connectivity index (χ0n) is 9.74. The second kappa shape index (κ2) is 4.43. The van der Waals surface area contributed by atoms with Crippen LogP contribution in [-0.2, 0) is 6.42 Å². The molecule has 0 bridgehead atoms. The van der Waals surface area contributed by atoms with Gasteiger partial charge >= 0.3 is 5.97 Å². The minimum atomic E-state index is -1.23. The van der Waals surface area contributed by atoms with Gasteiger partial charge in [-0.3, -0.25) is 4.79 Å². The minimum absolute atomic E-state index is 0.0733. The van der Waals surface area contributed by atoms with Crippen LogP contribution >= 0.6 is 11.5 Å². The van der Waals surface area contributed by atoms with Crippen molar-refractivity contribution in [2.45, 2.75) is 6.42 Å². The minimum Gasteiger partial charge on any atom is -0.476 e. The zero-order valence-corrected chi connectivity index (χ0v) is 10.6. The van der Waals surface area contributed by atoms with E-state index < -0.39 is 5.97 Å². The Balaban J connectivity index is 1.98. The van der Waals surface area contributed by atoms with Crippen LogP contribution in [0.2, 0.25) is 0 Å². The summed E-state index contributed by atoms with van der Waals surface area (Å²) in [5.41, 5.74) is 1.64. The first-order valence-corrected chi connectivity index (χ1v) is 6.41. The molecule has 2 aromatic rings. The number of aromatic nitrogens is 2. The van der Waals surface area contributed by atoms with Crippen LogP contribution in [-0.4, -0.2) is 33.1 Å². The molecule has 1 N–H and O–H groups in total. The van der Waals surface area contributed by atoms with Crippen LogP contribution in [0.25, 0.3) is 0 Å². The van der Waals surface area contributed by atoms with E-state index in [1.807, 2.05) is 24.3 Å². The Bertz CT molecular complexity index is 668. The number of hydrogen-bond acceptors (Lipinski definition) is 5. The molecule has 1 aliphatic rings. The number of fused-ring (bicyclic) bond motifs is 1. The van der Waals surface area contributed by atoms with Gasteiger partial charge in [0.15, 0.2) is 5.69 Å². The number of carboxylic acid groups (broad SMARTS) is 1. The molecule has 6 nitrogen and oxygen atoms in total. The van der Waals surface area contributed by atoms with E-state index in [0.29, 0.717) is 6.54 Å². The normalized spacial score (nSPS) is 13.4. The van der Waals surface area contributed by atoms with Crippen molar-refractivity contribution in [3.05, 3.63) is 40.4 Å². The second-order valence-corrected chi connectivity index (χ2v) is 4.85. The number of para-hydroxylation sites is 1. The van der Waals surface area contributed by atoms with Crippen LogP contribution in [0.5, 0.6) is 0 Å². The summed E-state index contributed by atoms with van der Waals surface area (Å²) >= 11 is 0.814. The van der Waals surface area contributed by atoms with Crippen molar-refractivity contribution in [1.82, 2.24) is 9.59 Å². The molecule has 1 aromatic carbocycles. The maximum Gasteiger partial charge on any atom is 0.358 e. The summed E-state index contributed by atoms with van der Waals surface area (Å²) in [5.74, 6) is -1.58. The number of benzene rings is 1. The highest BCUT2D eigenvalue weighted by Gasteiger charge is 2.30. The summed E-state index contributed by atoms with van der Waals surface area (Å²) in [6, 6.07) is 7.60. The number of anilines is 1. The number of amides is 1. The Kier molecular flexibility index (Phi) is 2.75. The van der Waals surface area contributed by atoms with Crippen molar-refractivity contribution in [1.29, 1.82) is 0 Å². The van der Waals surface area contributed by atoms with Gasteiger partial charge in [0.2, 0.25) is 0 Å². The van der Waals surface area contributed by atoms with Crippen LogP contribution in [0.15, 0.2) is 24.3 Å². The number of carbonyl (C=O) groups excluding carboxylic acids is 1. The fourth-order valence-electron chi connectivity index (χ4n) is 2.14. The first kappa shape index (κ1) is 11.8. The SMILES string of the molecule is O=C(O)c1nnsc1C(=O)N1CCc2ccccc21. The van der Waals surface area contributed by atoms with E-state index in [1.54, 1.807) is 4.90 Å².